The highest BCUT2D eigenvalue weighted by molar-refractivity contribution is 5.81. The van der Waals surface area contributed by atoms with Gasteiger partial charge in [-0.15, -0.1) is 0 Å². The molecule has 0 aromatic heterocycles. The van der Waals surface area contributed by atoms with Gasteiger partial charge in [0.2, 0.25) is 0 Å². The summed E-state index contributed by atoms with van der Waals surface area (Å²) < 4.78 is 0. The van der Waals surface area contributed by atoms with Crippen molar-refractivity contribution in [2.45, 2.75) is 13.3 Å². The summed E-state index contributed by atoms with van der Waals surface area (Å²) in [6, 6.07) is 16.6. The van der Waals surface area contributed by atoms with Gasteiger partial charge in [-0.25, -0.2) is 0 Å². The Labute approximate surface area is 108 Å². The van der Waals surface area contributed by atoms with Crippen molar-refractivity contribution in [3.8, 4) is 11.1 Å². The van der Waals surface area contributed by atoms with Gasteiger partial charge in [0.1, 0.15) is 6.29 Å². The number of allylic oxidation sites excluding steroid dienone is 1. The Balaban J connectivity index is 2.42. The molecule has 0 aliphatic heterocycles. The van der Waals surface area contributed by atoms with Crippen LogP contribution in [0.4, 0.5) is 0 Å². The first-order chi connectivity index (χ1) is 8.85. The van der Waals surface area contributed by atoms with Crippen molar-refractivity contribution in [2.24, 2.45) is 0 Å². The highest BCUT2D eigenvalue weighted by atomic mass is 16.1. The molecule has 2 aromatic carbocycles. The maximum Gasteiger partial charge on any atom is 0.142 e. The molecule has 0 atom stereocenters. The van der Waals surface area contributed by atoms with Crippen LogP contribution < -0.4 is 0 Å². The van der Waals surface area contributed by atoms with E-state index >= 15 is 0 Å². The average molecular weight is 236 g/mol. The molecule has 0 heterocycles. The van der Waals surface area contributed by atoms with E-state index in [1.165, 1.54) is 17.2 Å². The Hall–Kier alpha value is -2.15. The zero-order valence-electron chi connectivity index (χ0n) is 10.5. The number of carbonyl (C=O) groups is 1. The van der Waals surface area contributed by atoms with Crippen molar-refractivity contribution in [2.75, 3.05) is 0 Å². The number of carbonyl (C=O) groups excluding carboxylic acids is 1. The minimum absolute atomic E-state index is 0.803. The first-order valence-electron chi connectivity index (χ1n) is 6.15. The maximum absolute atomic E-state index is 10.4. The molecule has 2 rings (SSSR count). The van der Waals surface area contributed by atoms with Crippen LogP contribution in [0.15, 0.2) is 54.6 Å². The van der Waals surface area contributed by atoms with Gasteiger partial charge in [0.25, 0.3) is 0 Å². The first kappa shape index (κ1) is 12.3. The van der Waals surface area contributed by atoms with Crippen LogP contribution in [-0.2, 0) is 11.2 Å². The Morgan fingerprint density at radius 3 is 2.39 bits per heavy atom. The lowest BCUT2D eigenvalue weighted by molar-refractivity contribution is -0.104. The van der Waals surface area contributed by atoms with Gasteiger partial charge in [0, 0.05) is 0 Å². The SMILES string of the molecule is CCc1ccc(-c2ccccc2C=CC=O)cc1. The third kappa shape index (κ3) is 2.75. The molecule has 90 valence electrons. The predicted molar refractivity (Wildman–Crippen MR) is 76.4 cm³/mol. The lowest BCUT2D eigenvalue weighted by atomic mass is 9.98. The van der Waals surface area contributed by atoms with Gasteiger partial charge in [-0.2, -0.15) is 0 Å². The van der Waals surface area contributed by atoms with E-state index in [1.807, 2.05) is 24.3 Å². The van der Waals surface area contributed by atoms with E-state index in [2.05, 4.69) is 37.3 Å². The lowest BCUT2D eigenvalue weighted by Crippen LogP contribution is -1.84. The highest BCUT2D eigenvalue weighted by Gasteiger charge is 2.01. The molecule has 0 bridgehead atoms. The molecule has 0 amide bonds. The molecule has 0 saturated heterocycles. The molecule has 2 aromatic rings. The van der Waals surface area contributed by atoms with Gasteiger partial charge >= 0.3 is 0 Å². The molecule has 0 radical (unpaired) electrons. The molecule has 18 heavy (non-hydrogen) atoms. The molecule has 1 heteroatoms. The van der Waals surface area contributed by atoms with Crippen LogP contribution in [0.1, 0.15) is 18.1 Å². The molecule has 0 saturated carbocycles. The van der Waals surface area contributed by atoms with E-state index in [1.54, 1.807) is 0 Å². The van der Waals surface area contributed by atoms with Crippen LogP contribution in [0.2, 0.25) is 0 Å². The van der Waals surface area contributed by atoms with Crippen LogP contribution in [0.5, 0.6) is 0 Å². The fraction of sp³-hybridized carbons (Fsp3) is 0.118. The van der Waals surface area contributed by atoms with E-state index < -0.39 is 0 Å². The third-order valence-corrected chi connectivity index (χ3v) is 2.99. The van der Waals surface area contributed by atoms with Gasteiger partial charge in [-0.05, 0) is 34.8 Å². The summed E-state index contributed by atoms with van der Waals surface area (Å²) in [6.07, 6.45) is 5.22. The molecular weight excluding hydrogens is 220 g/mol. The topological polar surface area (TPSA) is 17.1 Å². The highest BCUT2D eigenvalue weighted by Crippen LogP contribution is 2.25. The standard InChI is InChI=1S/C17H16O/c1-2-14-9-11-16(12-10-14)17-8-4-3-6-15(17)7-5-13-18/h3-13H,2H2,1H3. The van der Waals surface area contributed by atoms with Gasteiger partial charge in [0.05, 0.1) is 0 Å². The third-order valence-electron chi connectivity index (χ3n) is 2.99. The van der Waals surface area contributed by atoms with Crippen molar-refractivity contribution in [3.63, 3.8) is 0 Å². The minimum Gasteiger partial charge on any atom is -0.299 e. The maximum atomic E-state index is 10.4. The van der Waals surface area contributed by atoms with Gasteiger partial charge < -0.3 is 0 Å². The number of hydrogen-bond donors (Lipinski definition) is 0. The molecule has 0 N–H and O–H groups in total. The summed E-state index contributed by atoms with van der Waals surface area (Å²) >= 11 is 0. The molecule has 0 aliphatic rings. The number of rotatable bonds is 4. The largest absolute Gasteiger partial charge is 0.299 e. The van der Waals surface area contributed by atoms with Crippen molar-refractivity contribution in [1.82, 2.24) is 0 Å². The number of aldehydes is 1. The molecular formula is C17H16O. The summed E-state index contributed by atoms with van der Waals surface area (Å²) in [7, 11) is 0. The second-order valence-electron chi connectivity index (χ2n) is 4.13. The predicted octanol–water partition coefficient (Wildman–Crippen LogP) is 4.13. The van der Waals surface area contributed by atoms with Crippen LogP contribution >= 0.6 is 0 Å². The van der Waals surface area contributed by atoms with Crippen molar-refractivity contribution < 1.29 is 4.79 Å². The fourth-order valence-electron chi connectivity index (χ4n) is 1.97. The van der Waals surface area contributed by atoms with Gasteiger partial charge in [0.15, 0.2) is 0 Å². The molecule has 0 aliphatic carbocycles. The van der Waals surface area contributed by atoms with E-state index in [9.17, 15) is 4.79 Å². The molecule has 0 unspecified atom stereocenters. The van der Waals surface area contributed by atoms with Gasteiger partial charge in [-0.3, -0.25) is 4.79 Å². The van der Waals surface area contributed by atoms with E-state index in [4.69, 9.17) is 0 Å². The van der Waals surface area contributed by atoms with Crippen LogP contribution in [0.3, 0.4) is 0 Å². The fourth-order valence-corrected chi connectivity index (χ4v) is 1.97. The smallest absolute Gasteiger partial charge is 0.142 e. The Kier molecular flexibility index (Phi) is 4.08. The van der Waals surface area contributed by atoms with Gasteiger partial charge in [-0.1, -0.05) is 61.5 Å². The van der Waals surface area contributed by atoms with Crippen molar-refractivity contribution in [1.29, 1.82) is 0 Å². The lowest BCUT2D eigenvalue weighted by Gasteiger charge is -2.07. The summed E-state index contributed by atoms with van der Waals surface area (Å²) in [5.74, 6) is 0. The Morgan fingerprint density at radius 2 is 1.72 bits per heavy atom. The molecule has 0 fully saturated rings. The summed E-state index contributed by atoms with van der Waals surface area (Å²) in [6.45, 7) is 2.15. The Bertz CT molecular complexity index is 550. The minimum atomic E-state index is 0.803. The van der Waals surface area contributed by atoms with E-state index in [0.29, 0.717) is 0 Å². The zero-order chi connectivity index (χ0) is 12.8. The average Bonchev–Trinajstić information content (AvgIpc) is 2.45. The van der Waals surface area contributed by atoms with Crippen molar-refractivity contribution in [3.05, 3.63) is 65.7 Å². The zero-order valence-corrected chi connectivity index (χ0v) is 10.5. The summed E-state index contributed by atoms with van der Waals surface area (Å²) in [5, 5.41) is 0. The van der Waals surface area contributed by atoms with E-state index in [-0.39, 0.29) is 0 Å². The molecule has 0 spiro atoms. The number of benzene rings is 2. The van der Waals surface area contributed by atoms with Crippen LogP contribution in [-0.4, -0.2) is 6.29 Å². The monoisotopic (exact) mass is 236 g/mol. The number of aryl methyl sites for hydroxylation is 1. The first-order valence-corrected chi connectivity index (χ1v) is 6.15. The number of hydrogen-bond acceptors (Lipinski definition) is 1. The quantitative estimate of drug-likeness (QED) is 0.576. The van der Waals surface area contributed by atoms with Crippen LogP contribution in [0, 0.1) is 0 Å². The Morgan fingerprint density at radius 1 is 1.00 bits per heavy atom. The summed E-state index contributed by atoms with van der Waals surface area (Å²) in [4.78, 5) is 10.4. The summed E-state index contributed by atoms with van der Waals surface area (Å²) in [5.41, 5.74) is 4.73. The normalized spacial score (nSPS) is 10.7. The second kappa shape index (κ2) is 5.97. The van der Waals surface area contributed by atoms with Crippen molar-refractivity contribution >= 4 is 12.4 Å². The van der Waals surface area contributed by atoms with E-state index in [0.717, 1.165) is 23.8 Å². The van der Waals surface area contributed by atoms with Crippen LogP contribution in [0.25, 0.3) is 17.2 Å². The molecule has 1 nitrogen and oxygen atoms in total. The second-order valence-corrected chi connectivity index (χ2v) is 4.13.